The summed E-state index contributed by atoms with van der Waals surface area (Å²) in [5.41, 5.74) is 1.05. The third-order valence-electron chi connectivity index (χ3n) is 2.60. The fraction of sp³-hybridized carbons (Fsp3) is 0.500. The lowest BCUT2D eigenvalue weighted by Crippen LogP contribution is -2.28. The lowest BCUT2D eigenvalue weighted by Gasteiger charge is -2.24. The van der Waals surface area contributed by atoms with E-state index < -0.39 is 0 Å². The Morgan fingerprint density at radius 2 is 2.00 bits per heavy atom. The molecule has 1 atom stereocenters. The summed E-state index contributed by atoms with van der Waals surface area (Å²) in [6, 6.07) is 0. The Kier molecular flexibility index (Phi) is 3.26. The topological polar surface area (TPSA) is 24.9 Å². The zero-order valence-electron chi connectivity index (χ0n) is 7.76. The predicted molar refractivity (Wildman–Crippen MR) is 59.1 cm³/mol. The molecule has 0 saturated carbocycles. The molecule has 2 rings (SSSR count). The molecule has 1 N–H and O–H groups in total. The maximum absolute atomic E-state index is 6.09. The van der Waals surface area contributed by atoms with E-state index in [1.165, 1.54) is 6.42 Å². The van der Waals surface area contributed by atoms with Crippen molar-refractivity contribution >= 4 is 23.2 Å². The number of nitrogens with one attached hydrogen (secondary N) is 1. The fourth-order valence-corrected chi connectivity index (χ4v) is 2.58. The van der Waals surface area contributed by atoms with E-state index in [4.69, 9.17) is 23.2 Å². The van der Waals surface area contributed by atoms with Gasteiger partial charge in [-0.15, -0.1) is 0 Å². The van der Waals surface area contributed by atoms with E-state index in [1.54, 1.807) is 12.4 Å². The van der Waals surface area contributed by atoms with Gasteiger partial charge in [-0.2, -0.15) is 0 Å². The molecule has 2 nitrogen and oxygen atoms in total. The normalized spacial score (nSPS) is 22.3. The number of pyridine rings is 1. The first-order chi connectivity index (χ1) is 6.79. The predicted octanol–water partition coefficient (Wildman–Crippen LogP) is 2.86. The van der Waals surface area contributed by atoms with Gasteiger partial charge in [0.15, 0.2) is 0 Å². The second-order valence-electron chi connectivity index (χ2n) is 3.56. The van der Waals surface area contributed by atoms with E-state index in [1.807, 2.05) is 0 Å². The lowest BCUT2D eigenvalue weighted by atomic mass is 9.92. The fourth-order valence-electron chi connectivity index (χ4n) is 1.91. The molecule has 0 bridgehead atoms. The third-order valence-corrected chi connectivity index (χ3v) is 3.20. The molecule has 1 saturated heterocycles. The second kappa shape index (κ2) is 4.47. The van der Waals surface area contributed by atoms with Crippen LogP contribution in [0.3, 0.4) is 0 Å². The Hall–Kier alpha value is -0.310. The smallest absolute Gasteiger partial charge is 0.0639 e. The standard InChI is InChI=1S/C10H12Cl2N2/c11-8-5-14-6-9(12)10(8)7-2-1-3-13-4-7/h5-7,13H,1-4H2. The molecule has 0 spiro atoms. The Morgan fingerprint density at radius 3 is 2.57 bits per heavy atom. The van der Waals surface area contributed by atoms with E-state index in [-0.39, 0.29) is 0 Å². The molecule has 0 amide bonds. The second-order valence-corrected chi connectivity index (χ2v) is 4.37. The van der Waals surface area contributed by atoms with Gasteiger partial charge in [-0.05, 0) is 30.9 Å². The highest BCUT2D eigenvalue weighted by Crippen LogP contribution is 2.33. The van der Waals surface area contributed by atoms with E-state index >= 15 is 0 Å². The molecule has 1 aliphatic rings. The molecular weight excluding hydrogens is 219 g/mol. The quantitative estimate of drug-likeness (QED) is 0.803. The zero-order chi connectivity index (χ0) is 9.97. The van der Waals surface area contributed by atoms with Gasteiger partial charge in [-0.25, -0.2) is 0 Å². The molecule has 4 heteroatoms. The third kappa shape index (κ3) is 2.02. The molecule has 0 aliphatic carbocycles. The van der Waals surface area contributed by atoms with Crippen LogP contribution in [0, 0.1) is 0 Å². The lowest BCUT2D eigenvalue weighted by molar-refractivity contribution is 0.461. The van der Waals surface area contributed by atoms with Crippen LogP contribution in [0.25, 0.3) is 0 Å². The van der Waals surface area contributed by atoms with Crippen molar-refractivity contribution < 1.29 is 0 Å². The average molecular weight is 231 g/mol. The zero-order valence-corrected chi connectivity index (χ0v) is 9.28. The van der Waals surface area contributed by atoms with Crippen LogP contribution in [0.15, 0.2) is 12.4 Å². The molecule has 14 heavy (non-hydrogen) atoms. The minimum Gasteiger partial charge on any atom is -0.316 e. The number of rotatable bonds is 1. The van der Waals surface area contributed by atoms with Crippen molar-refractivity contribution in [2.24, 2.45) is 0 Å². The number of nitrogens with zero attached hydrogens (tertiary/aromatic N) is 1. The van der Waals surface area contributed by atoms with Crippen molar-refractivity contribution in [1.82, 2.24) is 10.3 Å². The Morgan fingerprint density at radius 1 is 1.29 bits per heavy atom. The Labute approximate surface area is 93.6 Å². The minimum atomic E-state index is 0.437. The summed E-state index contributed by atoms with van der Waals surface area (Å²) in [6.07, 6.45) is 5.66. The molecule has 1 unspecified atom stereocenters. The molecule has 0 radical (unpaired) electrons. The first-order valence-electron chi connectivity index (χ1n) is 4.78. The average Bonchev–Trinajstić information content (AvgIpc) is 2.19. The van der Waals surface area contributed by atoms with Gasteiger partial charge in [0.1, 0.15) is 0 Å². The Bertz CT molecular complexity index is 302. The molecule has 0 aromatic carbocycles. The molecule has 1 fully saturated rings. The maximum Gasteiger partial charge on any atom is 0.0639 e. The highest BCUT2D eigenvalue weighted by Gasteiger charge is 2.20. The van der Waals surface area contributed by atoms with E-state index in [2.05, 4.69) is 10.3 Å². The van der Waals surface area contributed by atoms with Crippen molar-refractivity contribution in [2.75, 3.05) is 13.1 Å². The van der Waals surface area contributed by atoms with Crippen LogP contribution in [0.5, 0.6) is 0 Å². The highest BCUT2D eigenvalue weighted by molar-refractivity contribution is 6.35. The van der Waals surface area contributed by atoms with Gasteiger partial charge in [0, 0.05) is 18.9 Å². The van der Waals surface area contributed by atoms with Crippen molar-refractivity contribution in [3.8, 4) is 0 Å². The van der Waals surface area contributed by atoms with Crippen molar-refractivity contribution in [3.05, 3.63) is 28.0 Å². The number of hydrogen-bond acceptors (Lipinski definition) is 2. The van der Waals surface area contributed by atoms with Crippen LogP contribution in [0.1, 0.15) is 24.3 Å². The summed E-state index contributed by atoms with van der Waals surface area (Å²) in [4.78, 5) is 3.95. The van der Waals surface area contributed by atoms with Gasteiger partial charge in [0.2, 0.25) is 0 Å². The van der Waals surface area contributed by atoms with E-state index in [0.29, 0.717) is 16.0 Å². The number of halogens is 2. The van der Waals surface area contributed by atoms with Crippen LogP contribution in [0.4, 0.5) is 0 Å². The largest absolute Gasteiger partial charge is 0.316 e. The summed E-state index contributed by atoms with van der Waals surface area (Å²) in [5, 5.41) is 4.72. The summed E-state index contributed by atoms with van der Waals surface area (Å²) >= 11 is 12.2. The van der Waals surface area contributed by atoms with Gasteiger partial charge < -0.3 is 5.32 Å². The molecule has 1 aromatic rings. The van der Waals surface area contributed by atoms with Crippen LogP contribution in [-0.4, -0.2) is 18.1 Å². The summed E-state index contributed by atoms with van der Waals surface area (Å²) in [7, 11) is 0. The first kappa shape index (κ1) is 10.2. The van der Waals surface area contributed by atoms with E-state index in [0.717, 1.165) is 25.1 Å². The van der Waals surface area contributed by atoms with Gasteiger partial charge in [-0.3, -0.25) is 4.98 Å². The van der Waals surface area contributed by atoms with Crippen molar-refractivity contribution in [3.63, 3.8) is 0 Å². The molecule has 2 heterocycles. The van der Waals surface area contributed by atoms with Gasteiger partial charge in [0.05, 0.1) is 10.0 Å². The summed E-state index contributed by atoms with van der Waals surface area (Å²) in [5.74, 6) is 0.437. The van der Waals surface area contributed by atoms with Gasteiger partial charge in [-0.1, -0.05) is 23.2 Å². The number of hydrogen-bond donors (Lipinski definition) is 1. The van der Waals surface area contributed by atoms with Gasteiger partial charge in [0.25, 0.3) is 0 Å². The van der Waals surface area contributed by atoms with Crippen LogP contribution in [-0.2, 0) is 0 Å². The van der Waals surface area contributed by atoms with E-state index in [9.17, 15) is 0 Å². The summed E-state index contributed by atoms with van der Waals surface area (Å²) < 4.78 is 0. The first-order valence-corrected chi connectivity index (χ1v) is 5.54. The van der Waals surface area contributed by atoms with Gasteiger partial charge >= 0.3 is 0 Å². The molecular formula is C10H12Cl2N2. The Balaban J connectivity index is 2.29. The van der Waals surface area contributed by atoms with Crippen LogP contribution in [0.2, 0.25) is 10.0 Å². The number of piperidine rings is 1. The number of aromatic nitrogens is 1. The molecule has 76 valence electrons. The monoisotopic (exact) mass is 230 g/mol. The minimum absolute atomic E-state index is 0.437. The van der Waals surface area contributed by atoms with Crippen LogP contribution < -0.4 is 5.32 Å². The van der Waals surface area contributed by atoms with Crippen molar-refractivity contribution in [2.45, 2.75) is 18.8 Å². The molecule has 1 aliphatic heterocycles. The SMILES string of the molecule is Clc1cncc(Cl)c1C1CCCNC1. The highest BCUT2D eigenvalue weighted by atomic mass is 35.5. The van der Waals surface area contributed by atoms with Crippen molar-refractivity contribution in [1.29, 1.82) is 0 Å². The summed E-state index contributed by atoms with van der Waals surface area (Å²) in [6.45, 7) is 2.06. The molecule has 1 aromatic heterocycles. The van der Waals surface area contributed by atoms with Crippen LogP contribution >= 0.6 is 23.2 Å². The maximum atomic E-state index is 6.09.